The summed E-state index contributed by atoms with van der Waals surface area (Å²) in [5, 5.41) is 8.55. The first-order chi connectivity index (χ1) is 14.2. The normalized spacial score (nSPS) is 11.5. The number of carbonyl (C=O) groups is 2. The number of anilines is 2. The molecule has 158 valence electrons. The van der Waals surface area contributed by atoms with Gasteiger partial charge < -0.3 is 20.5 Å². The molecule has 1 atom stereocenters. The highest BCUT2D eigenvalue weighted by molar-refractivity contribution is 6.03. The number of rotatable bonds is 7. The summed E-state index contributed by atoms with van der Waals surface area (Å²) in [5.74, 6) is 1.31. The van der Waals surface area contributed by atoms with Gasteiger partial charge >= 0.3 is 0 Å². The van der Waals surface area contributed by atoms with E-state index in [9.17, 15) is 14.4 Å². The summed E-state index contributed by atoms with van der Waals surface area (Å²) in [4.78, 5) is 36.7. The van der Waals surface area contributed by atoms with E-state index in [1.807, 2.05) is 39.7 Å². The number of terminal acetylenes is 1. The van der Waals surface area contributed by atoms with E-state index in [1.165, 1.54) is 4.57 Å². The number of nitrogens with zero attached hydrogens (tertiary/aromatic N) is 1. The summed E-state index contributed by atoms with van der Waals surface area (Å²) in [6, 6.07) is 6.61. The number of amides is 2. The maximum atomic E-state index is 12.7. The zero-order valence-electron chi connectivity index (χ0n) is 18.0. The lowest BCUT2D eigenvalue weighted by Gasteiger charge is -2.23. The lowest BCUT2D eigenvalue weighted by molar-refractivity contribution is -0.122. The molecule has 1 aromatic heterocycles. The molecular weight excluding hydrogens is 380 g/mol. The fourth-order valence-corrected chi connectivity index (χ4v) is 3.13. The molecule has 0 aliphatic carbocycles. The molecule has 0 fully saturated rings. The van der Waals surface area contributed by atoms with Gasteiger partial charge in [-0.2, -0.15) is 0 Å². The number of hydrogen-bond donors (Lipinski definition) is 3. The molecule has 0 bridgehead atoms. The largest absolute Gasteiger partial charge is 0.369 e. The zero-order valence-corrected chi connectivity index (χ0v) is 18.0. The van der Waals surface area contributed by atoms with Crippen LogP contribution in [0, 0.1) is 25.2 Å². The van der Waals surface area contributed by atoms with Gasteiger partial charge in [0.15, 0.2) is 0 Å². The van der Waals surface area contributed by atoms with Gasteiger partial charge in [-0.3, -0.25) is 14.4 Å². The van der Waals surface area contributed by atoms with Gasteiger partial charge in [0.2, 0.25) is 5.91 Å². The van der Waals surface area contributed by atoms with Crippen LogP contribution in [0.3, 0.4) is 0 Å². The second kappa shape index (κ2) is 9.79. The molecule has 7 nitrogen and oxygen atoms in total. The Morgan fingerprint density at radius 2 is 1.93 bits per heavy atom. The number of aryl methyl sites for hydroxylation is 2. The van der Waals surface area contributed by atoms with E-state index in [4.69, 9.17) is 6.42 Å². The van der Waals surface area contributed by atoms with Crippen molar-refractivity contribution in [3.8, 4) is 23.5 Å². The third kappa shape index (κ3) is 5.29. The number of nitrogens with one attached hydrogen (secondary N) is 3. The molecule has 0 radical (unpaired) electrons. The molecule has 7 heteroatoms. The van der Waals surface area contributed by atoms with E-state index in [1.54, 1.807) is 31.4 Å². The fraction of sp³-hybridized carbons (Fsp3) is 0.348. The molecule has 0 aliphatic heterocycles. The highest BCUT2D eigenvalue weighted by Gasteiger charge is 2.23. The Kier molecular flexibility index (Phi) is 7.43. The number of hydrogen-bond acceptors (Lipinski definition) is 4. The summed E-state index contributed by atoms with van der Waals surface area (Å²) >= 11 is 0. The number of carbonyl (C=O) groups excluding carboxylic acids is 2. The topological polar surface area (TPSA) is 92.2 Å². The van der Waals surface area contributed by atoms with Gasteiger partial charge in [0.05, 0.1) is 0 Å². The van der Waals surface area contributed by atoms with Crippen LogP contribution in [0.4, 0.5) is 11.4 Å². The SMILES string of the molecule is C#CC(=O)Nc1ccc(C)c(-c2cc(N[C@H](C(=O)NCC)C(C)C)c(=O)n(C)c2)c1. The lowest BCUT2D eigenvalue weighted by Crippen LogP contribution is -2.44. The first-order valence-corrected chi connectivity index (χ1v) is 9.81. The Morgan fingerprint density at radius 3 is 2.53 bits per heavy atom. The molecule has 2 amide bonds. The highest BCUT2D eigenvalue weighted by Crippen LogP contribution is 2.28. The minimum atomic E-state index is -0.546. The number of benzene rings is 1. The van der Waals surface area contributed by atoms with Gasteiger partial charge in [-0.15, -0.1) is 6.42 Å². The van der Waals surface area contributed by atoms with Crippen LogP contribution in [0.2, 0.25) is 0 Å². The van der Waals surface area contributed by atoms with Crippen LogP contribution in [0.25, 0.3) is 11.1 Å². The van der Waals surface area contributed by atoms with E-state index in [0.717, 1.165) is 16.7 Å². The average molecular weight is 409 g/mol. The molecule has 0 saturated carbocycles. The van der Waals surface area contributed by atoms with Crippen molar-refractivity contribution in [2.24, 2.45) is 13.0 Å². The Balaban J connectivity index is 2.50. The third-order valence-corrected chi connectivity index (χ3v) is 4.73. The average Bonchev–Trinajstić information content (AvgIpc) is 2.70. The van der Waals surface area contributed by atoms with Crippen LogP contribution < -0.4 is 21.5 Å². The highest BCUT2D eigenvalue weighted by atomic mass is 16.2. The standard InChI is InChI=1S/C23H28N4O3/c1-7-20(28)25-17-10-9-15(5)18(12-17)16-11-19(23(30)27(6)13-16)26-21(14(3)4)22(29)24-8-2/h1,9-14,21,26H,8H2,2-6H3,(H,24,29)(H,25,28)/t21-/m0/s1. The van der Waals surface area contributed by atoms with Gasteiger partial charge in [0.1, 0.15) is 11.7 Å². The Hall–Kier alpha value is -3.53. The molecule has 1 aromatic carbocycles. The Labute approximate surface area is 176 Å². The molecule has 0 saturated heterocycles. The molecule has 0 spiro atoms. The molecule has 0 aliphatic rings. The van der Waals surface area contributed by atoms with Crippen molar-refractivity contribution in [1.29, 1.82) is 0 Å². The number of pyridine rings is 1. The summed E-state index contributed by atoms with van der Waals surface area (Å²) in [7, 11) is 1.66. The first-order valence-electron chi connectivity index (χ1n) is 9.81. The molecule has 3 N–H and O–H groups in total. The van der Waals surface area contributed by atoms with Crippen molar-refractivity contribution >= 4 is 23.2 Å². The second-order valence-electron chi connectivity index (χ2n) is 7.45. The lowest BCUT2D eigenvalue weighted by atomic mass is 9.99. The zero-order chi connectivity index (χ0) is 22.4. The van der Waals surface area contributed by atoms with Crippen LogP contribution in [-0.4, -0.2) is 29.0 Å². The molecule has 1 heterocycles. The monoisotopic (exact) mass is 408 g/mol. The van der Waals surface area contributed by atoms with Gasteiger partial charge in [-0.05, 0) is 55.0 Å². The molecule has 2 rings (SSSR count). The van der Waals surface area contributed by atoms with Crippen molar-refractivity contribution in [3.05, 3.63) is 46.4 Å². The van der Waals surface area contributed by atoms with Gasteiger partial charge in [-0.1, -0.05) is 19.9 Å². The predicted molar refractivity (Wildman–Crippen MR) is 120 cm³/mol. The maximum Gasteiger partial charge on any atom is 0.300 e. The Bertz CT molecular complexity index is 1050. The summed E-state index contributed by atoms with van der Waals surface area (Å²) in [6.45, 7) is 8.14. The minimum Gasteiger partial charge on any atom is -0.369 e. The fourth-order valence-electron chi connectivity index (χ4n) is 3.13. The predicted octanol–water partition coefficient (Wildman–Crippen LogP) is 2.51. The molecule has 0 unspecified atom stereocenters. The van der Waals surface area contributed by atoms with Crippen molar-refractivity contribution in [2.75, 3.05) is 17.2 Å². The maximum absolute atomic E-state index is 12.7. The summed E-state index contributed by atoms with van der Waals surface area (Å²) < 4.78 is 1.47. The number of likely N-dealkylation sites (N-methyl/N-ethyl adjacent to an activating group) is 1. The van der Waals surface area contributed by atoms with Crippen LogP contribution >= 0.6 is 0 Å². The molecule has 30 heavy (non-hydrogen) atoms. The minimum absolute atomic E-state index is 0.0195. The summed E-state index contributed by atoms with van der Waals surface area (Å²) in [6.07, 6.45) is 6.85. The van der Waals surface area contributed by atoms with Crippen molar-refractivity contribution in [3.63, 3.8) is 0 Å². The van der Waals surface area contributed by atoms with Gasteiger partial charge in [0, 0.05) is 31.0 Å². The second-order valence-corrected chi connectivity index (χ2v) is 7.45. The van der Waals surface area contributed by atoms with Crippen LogP contribution in [0.1, 0.15) is 26.3 Å². The van der Waals surface area contributed by atoms with Crippen molar-refractivity contribution < 1.29 is 9.59 Å². The van der Waals surface area contributed by atoms with Crippen molar-refractivity contribution in [2.45, 2.75) is 33.7 Å². The van der Waals surface area contributed by atoms with E-state index in [-0.39, 0.29) is 17.4 Å². The van der Waals surface area contributed by atoms with Gasteiger partial charge in [0.25, 0.3) is 11.5 Å². The van der Waals surface area contributed by atoms with Gasteiger partial charge in [-0.25, -0.2) is 0 Å². The number of aromatic nitrogens is 1. The Morgan fingerprint density at radius 1 is 1.23 bits per heavy atom. The third-order valence-electron chi connectivity index (χ3n) is 4.73. The van der Waals surface area contributed by atoms with Crippen LogP contribution in [0.15, 0.2) is 35.3 Å². The first kappa shape index (κ1) is 22.8. The quantitative estimate of drug-likeness (QED) is 0.614. The van der Waals surface area contributed by atoms with E-state index in [0.29, 0.717) is 17.9 Å². The van der Waals surface area contributed by atoms with Crippen LogP contribution in [0.5, 0.6) is 0 Å². The molecule has 2 aromatic rings. The molecular formula is C23H28N4O3. The summed E-state index contributed by atoms with van der Waals surface area (Å²) in [5.41, 5.74) is 3.22. The van der Waals surface area contributed by atoms with Crippen LogP contribution in [-0.2, 0) is 16.6 Å². The van der Waals surface area contributed by atoms with Crippen molar-refractivity contribution in [1.82, 2.24) is 9.88 Å². The van der Waals surface area contributed by atoms with E-state index in [2.05, 4.69) is 16.0 Å². The smallest absolute Gasteiger partial charge is 0.300 e. The van der Waals surface area contributed by atoms with E-state index < -0.39 is 11.9 Å². The van der Waals surface area contributed by atoms with E-state index >= 15 is 0 Å².